The van der Waals surface area contributed by atoms with Crippen molar-refractivity contribution in [1.29, 1.82) is 0 Å². The van der Waals surface area contributed by atoms with E-state index in [0.717, 1.165) is 18.2 Å². The van der Waals surface area contributed by atoms with E-state index in [1.807, 2.05) is 13.8 Å². The number of nitrogens with zero attached hydrogens (tertiary/aromatic N) is 2. The number of aromatic amines is 1. The number of hydrogen-bond acceptors (Lipinski definition) is 6. The molecule has 0 bridgehead atoms. The minimum Gasteiger partial charge on any atom is -0.335 e. The molecule has 0 radical (unpaired) electrons. The number of sulfone groups is 1. The van der Waals surface area contributed by atoms with Crippen LogP contribution in [-0.4, -0.2) is 58.5 Å². The van der Waals surface area contributed by atoms with Gasteiger partial charge in [-0.05, 0) is 19.8 Å². The van der Waals surface area contributed by atoms with Gasteiger partial charge in [0.05, 0.1) is 17.3 Å². The Morgan fingerprint density at radius 3 is 2.87 bits per heavy atom. The van der Waals surface area contributed by atoms with Crippen molar-refractivity contribution in [2.24, 2.45) is 0 Å². The zero-order chi connectivity index (χ0) is 17.0. The fourth-order valence-corrected chi connectivity index (χ4v) is 5.06. The van der Waals surface area contributed by atoms with Gasteiger partial charge in [0.15, 0.2) is 15.0 Å². The van der Waals surface area contributed by atoms with Crippen LogP contribution in [0.4, 0.5) is 0 Å². The Morgan fingerprint density at radius 2 is 2.30 bits per heavy atom. The first-order valence-corrected chi connectivity index (χ1v) is 10.3. The molecule has 128 valence electrons. The molecule has 2 atom stereocenters. The lowest BCUT2D eigenvalue weighted by Crippen LogP contribution is -2.47. The van der Waals surface area contributed by atoms with Gasteiger partial charge in [-0.15, -0.1) is 0 Å². The molecular weight excluding hydrogens is 338 g/mol. The number of carbonyl (C=O) groups excluding carboxylic acids is 1. The van der Waals surface area contributed by atoms with Gasteiger partial charge in [0, 0.05) is 24.3 Å². The largest absolute Gasteiger partial charge is 0.335 e. The number of H-pyrrole nitrogens is 1. The zero-order valence-corrected chi connectivity index (χ0v) is 14.8. The summed E-state index contributed by atoms with van der Waals surface area (Å²) >= 11 is 1.15. The van der Waals surface area contributed by atoms with Crippen LogP contribution >= 0.6 is 11.8 Å². The first kappa shape index (κ1) is 18.0. The van der Waals surface area contributed by atoms with E-state index in [9.17, 15) is 18.0 Å². The molecule has 1 aromatic heterocycles. The van der Waals surface area contributed by atoms with E-state index in [-0.39, 0.29) is 40.8 Å². The third-order valence-electron chi connectivity index (χ3n) is 3.94. The third kappa shape index (κ3) is 4.81. The lowest BCUT2D eigenvalue weighted by atomic mass is 10.1. The smallest absolute Gasteiger partial charge is 0.251 e. The van der Waals surface area contributed by atoms with E-state index in [4.69, 9.17) is 0 Å². The molecule has 2 rings (SSSR count). The van der Waals surface area contributed by atoms with Crippen LogP contribution in [-0.2, 0) is 14.6 Å². The van der Waals surface area contributed by atoms with Crippen molar-refractivity contribution in [2.75, 3.05) is 17.3 Å². The lowest BCUT2D eigenvalue weighted by Gasteiger charge is -2.33. The second kappa shape index (κ2) is 7.48. The molecule has 1 N–H and O–H groups in total. The van der Waals surface area contributed by atoms with Crippen LogP contribution in [0.2, 0.25) is 0 Å². The highest BCUT2D eigenvalue weighted by Crippen LogP contribution is 2.23. The summed E-state index contributed by atoms with van der Waals surface area (Å²) in [5, 5.41) is 0.383. The van der Waals surface area contributed by atoms with Gasteiger partial charge in [-0.1, -0.05) is 18.7 Å². The minimum atomic E-state index is -3.05. The lowest BCUT2D eigenvalue weighted by molar-refractivity contribution is -0.132. The van der Waals surface area contributed by atoms with E-state index in [0.29, 0.717) is 11.6 Å². The number of amides is 1. The Bertz CT molecular complexity index is 717. The second-order valence-corrected chi connectivity index (χ2v) is 8.84. The van der Waals surface area contributed by atoms with Crippen molar-refractivity contribution in [2.45, 2.75) is 43.9 Å². The van der Waals surface area contributed by atoms with Gasteiger partial charge >= 0.3 is 0 Å². The molecular formula is C14H21N3O4S2. The molecule has 0 saturated carbocycles. The molecule has 1 fully saturated rings. The molecule has 7 nitrogen and oxygen atoms in total. The van der Waals surface area contributed by atoms with Crippen molar-refractivity contribution < 1.29 is 13.2 Å². The van der Waals surface area contributed by atoms with Gasteiger partial charge in [0.1, 0.15) is 0 Å². The summed E-state index contributed by atoms with van der Waals surface area (Å²) in [6.45, 7) is 3.90. The Kier molecular flexibility index (Phi) is 5.85. The zero-order valence-electron chi connectivity index (χ0n) is 13.2. The monoisotopic (exact) mass is 359 g/mol. The highest BCUT2D eigenvalue weighted by Gasteiger charge is 2.36. The Balaban J connectivity index is 2.06. The number of rotatable bonds is 6. The van der Waals surface area contributed by atoms with Gasteiger partial charge in [-0.2, -0.15) is 0 Å². The maximum absolute atomic E-state index is 12.6. The number of thioether (sulfide) groups is 1. The van der Waals surface area contributed by atoms with Gasteiger partial charge < -0.3 is 9.88 Å². The Hall–Kier alpha value is -1.35. The van der Waals surface area contributed by atoms with Crippen LogP contribution < -0.4 is 5.56 Å². The number of hydrogen-bond donors (Lipinski definition) is 1. The van der Waals surface area contributed by atoms with Crippen LogP contribution in [0.1, 0.15) is 26.7 Å². The molecule has 0 spiro atoms. The second-order valence-electron chi connectivity index (χ2n) is 5.64. The first-order chi connectivity index (χ1) is 10.8. The SMILES string of the molecule is CC[C@H](C)N(C(=O)CSc1nccc(=O)[nH]1)[C@H]1CCS(=O)(=O)C1. The predicted octanol–water partition coefficient (Wildman–Crippen LogP) is 0.676. The summed E-state index contributed by atoms with van der Waals surface area (Å²) in [6.07, 6.45) is 2.64. The number of nitrogens with one attached hydrogen (secondary N) is 1. The summed E-state index contributed by atoms with van der Waals surface area (Å²) < 4.78 is 23.4. The summed E-state index contributed by atoms with van der Waals surface area (Å²) in [4.78, 5) is 32.1. The average molecular weight is 359 g/mol. The van der Waals surface area contributed by atoms with Crippen molar-refractivity contribution >= 4 is 27.5 Å². The average Bonchev–Trinajstić information content (AvgIpc) is 2.85. The van der Waals surface area contributed by atoms with Gasteiger partial charge in [0.2, 0.25) is 5.91 Å². The normalized spacial score (nSPS) is 21.0. The third-order valence-corrected chi connectivity index (χ3v) is 6.56. The maximum Gasteiger partial charge on any atom is 0.251 e. The molecule has 23 heavy (non-hydrogen) atoms. The molecule has 0 aromatic carbocycles. The standard InChI is InChI=1S/C14H21N3O4S2/c1-3-10(2)17(11-5-7-23(20,21)9-11)13(19)8-22-14-15-6-4-12(18)16-14/h4,6,10-11H,3,5,7-9H2,1-2H3,(H,15,16,18)/t10-,11-/m0/s1. The molecule has 1 aliphatic rings. The van der Waals surface area contributed by atoms with Crippen LogP contribution in [0.25, 0.3) is 0 Å². The maximum atomic E-state index is 12.6. The molecule has 1 saturated heterocycles. The van der Waals surface area contributed by atoms with Crippen LogP contribution in [0.5, 0.6) is 0 Å². The first-order valence-electron chi connectivity index (χ1n) is 7.52. The number of aromatic nitrogens is 2. The molecule has 9 heteroatoms. The fraction of sp³-hybridized carbons (Fsp3) is 0.643. The van der Waals surface area contributed by atoms with Gasteiger partial charge in [-0.3, -0.25) is 9.59 Å². The van der Waals surface area contributed by atoms with E-state index in [1.165, 1.54) is 12.3 Å². The summed E-state index contributed by atoms with van der Waals surface area (Å²) in [6, 6.07) is 1.02. The fourth-order valence-electron chi connectivity index (χ4n) is 2.63. The highest BCUT2D eigenvalue weighted by atomic mass is 32.2. The summed E-state index contributed by atoms with van der Waals surface area (Å²) in [5.41, 5.74) is -0.268. The molecule has 1 aliphatic heterocycles. The molecule has 0 aliphatic carbocycles. The van der Waals surface area contributed by atoms with E-state index >= 15 is 0 Å². The number of carbonyl (C=O) groups is 1. The van der Waals surface area contributed by atoms with Gasteiger partial charge in [0.25, 0.3) is 5.56 Å². The molecule has 2 heterocycles. The van der Waals surface area contributed by atoms with Gasteiger partial charge in [-0.25, -0.2) is 13.4 Å². The highest BCUT2D eigenvalue weighted by molar-refractivity contribution is 7.99. The van der Waals surface area contributed by atoms with E-state index in [2.05, 4.69) is 9.97 Å². The van der Waals surface area contributed by atoms with Crippen molar-refractivity contribution in [3.05, 3.63) is 22.6 Å². The van der Waals surface area contributed by atoms with Crippen LogP contribution in [0.3, 0.4) is 0 Å². The molecule has 1 amide bonds. The van der Waals surface area contributed by atoms with Crippen molar-refractivity contribution in [3.63, 3.8) is 0 Å². The Labute approximate surface area is 139 Å². The van der Waals surface area contributed by atoms with Crippen molar-refractivity contribution in [3.8, 4) is 0 Å². The Morgan fingerprint density at radius 1 is 1.57 bits per heavy atom. The van der Waals surface area contributed by atoms with E-state index < -0.39 is 9.84 Å². The topological polar surface area (TPSA) is 100 Å². The summed E-state index contributed by atoms with van der Waals surface area (Å²) in [5.74, 6) is 0.165. The molecule has 0 unspecified atom stereocenters. The predicted molar refractivity (Wildman–Crippen MR) is 89.2 cm³/mol. The minimum absolute atomic E-state index is 0.0239. The summed E-state index contributed by atoms with van der Waals surface area (Å²) in [7, 11) is -3.05. The quantitative estimate of drug-likeness (QED) is 0.592. The van der Waals surface area contributed by atoms with Crippen LogP contribution in [0, 0.1) is 0 Å². The van der Waals surface area contributed by atoms with E-state index in [1.54, 1.807) is 4.90 Å². The van der Waals surface area contributed by atoms with Crippen molar-refractivity contribution in [1.82, 2.24) is 14.9 Å². The molecule has 1 aromatic rings. The van der Waals surface area contributed by atoms with Crippen LogP contribution in [0.15, 0.2) is 22.2 Å².